The summed E-state index contributed by atoms with van der Waals surface area (Å²) < 4.78 is 10.6. The third-order valence-electron chi connectivity index (χ3n) is 3.00. The Morgan fingerprint density at radius 3 is 2.00 bits per heavy atom. The molecule has 1 rings (SSSR count). The number of carbonyl (C=O) groups is 1. The molecule has 1 aromatic carbocycles. The molecule has 0 aliphatic rings. The second-order valence-corrected chi connectivity index (χ2v) is 5.34. The summed E-state index contributed by atoms with van der Waals surface area (Å²) in [5, 5.41) is 0. The molecule has 0 aliphatic carbocycles. The summed E-state index contributed by atoms with van der Waals surface area (Å²) in [7, 11) is 1.51. The number of rotatable bonds is 7. The highest BCUT2D eigenvalue weighted by atomic mass is 16.5. The van der Waals surface area contributed by atoms with Crippen molar-refractivity contribution in [2.24, 2.45) is 0 Å². The van der Waals surface area contributed by atoms with Crippen LogP contribution in [0.5, 0.6) is 5.75 Å². The summed E-state index contributed by atoms with van der Waals surface area (Å²) in [6.45, 7) is 8.68. The third kappa shape index (κ3) is 4.35. The maximum absolute atomic E-state index is 11.5. The Hall–Kier alpha value is -1.35. The average molecular weight is 264 g/mol. The molecule has 0 saturated heterocycles. The normalized spacial score (nSPS) is 11.1. The Kier molecular flexibility index (Phi) is 6.03. The van der Waals surface area contributed by atoms with Crippen molar-refractivity contribution in [1.29, 1.82) is 0 Å². The molecule has 3 heteroatoms. The lowest BCUT2D eigenvalue weighted by Crippen LogP contribution is -2.17. The van der Waals surface area contributed by atoms with E-state index in [-0.39, 0.29) is 19.0 Å². The first kappa shape index (κ1) is 15.7. The molecule has 0 unspecified atom stereocenters. The molecule has 0 fully saturated rings. The van der Waals surface area contributed by atoms with Gasteiger partial charge in [0.25, 0.3) is 0 Å². The van der Waals surface area contributed by atoms with Crippen molar-refractivity contribution in [3.05, 3.63) is 29.3 Å². The Labute approximate surface area is 115 Å². The number of ketones is 1. The van der Waals surface area contributed by atoms with Gasteiger partial charge in [0.05, 0.1) is 0 Å². The number of ether oxygens (including phenoxy) is 2. The van der Waals surface area contributed by atoms with Crippen molar-refractivity contribution in [3.8, 4) is 5.75 Å². The van der Waals surface area contributed by atoms with Crippen LogP contribution in [0.15, 0.2) is 18.2 Å². The van der Waals surface area contributed by atoms with E-state index in [1.54, 1.807) is 0 Å². The van der Waals surface area contributed by atoms with Crippen molar-refractivity contribution in [2.45, 2.75) is 39.5 Å². The summed E-state index contributed by atoms with van der Waals surface area (Å²) in [6, 6.07) is 6.17. The molecule has 106 valence electrons. The molecule has 0 bridgehead atoms. The average Bonchev–Trinajstić information content (AvgIpc) is 2.35. The minimum atomic E-state index is -0.0456. The molecule has 0 aliphatic heterocycles. The lowest BCUT2D eigenvalue weighted by molar-refractivity contribution is -0.124. The molecule has 0 spiro atoms. The van der Waals surface area contributed by atoms with Crippen molar-refractivity contribution in [2.75, 3.05) is 20.3 Å². The minimum Gasteiger partial charge on any atom is -0.485 e. The molecule has 1 aromatic rings. The van der Waals surface area contributed by atoms with E-state index in [4.69, 9.17) is 9.47 Å². The van der Waals surface area contributed by atoms with Gasteiger partial charge >= 0.3 is 0 Å². The molecule has 0 atom stereocenters. The van der Waals surface area contributed by atoms with Crippen molar-refractivity contribution < 1.29 is 14.3 Å². The number of hydrogen-bond acceptors (Lipinski definition) is 3. The van der Waals surface area contributed by atoms with Crippen LogP contribution >= 0.6 is 0 Å². The Bertz CT molecular complexity index is 396. The van der Waals surface area contributed by atoms with Crippen LogP contribution < -0.4 is 4.74 Å². The molecule has 0 radical (unpaired) electrons. The lowest BCUT2D eigenvalue weighted by Gasteiger charge is -2.19. The summed E-state index contributed by atoms with van der Waals surface area (Å²) in [5.41, 5.74) is 2.30. The number of benzene rings is 1. The van der Waals surface area contributed by atoms with Crippen molar-refractivity contribution in [1.82, 2.24) is 0 Å². The smallest absolute Gasteiger partial charge is 0.195 e. The summed E-state index contributed by atoms with van der Waals surface area (Å²) in [5.74, 6) is 1.55. The van der Waals surface area contributed by atoms with Gasteiger partial charge in [-0.25, -0.2) is 0 Å². The van der Waals surface area contributed by atoms with E-state index in [0.717, 1.165) is 16.9 Å². The fraction of sp³-hybridized carbons (Fsp3) is 0.562. The molecule has 0 aromatic heterocycles. The van der Waals surface area contributed by atoms with E-state index in [0.29, 0.717) is 11.8 Å². The highest BCUT2D eigenvalue weighted by molar-refractivity contribution is 5.81. The monoisotopic (exact) mass is 264 g/mol. The highest BCUT2D eigenvalue weighted by Gasteiger charge is 2.16. The Morgan fingerprint density at radius 2 is 1.58 bits per heavy atom. The van der Waals surface area contributed by atoms with E-state index in [1.807, 2.05) is 0 Å². The van der Waals surface area contributed by atoms with E-state index < -0.39 is 0 Å². The van der Waals surface area contributed by atoms with Gasteiger partial charge in [-0.1, -0.05) is 45.9 Å². The third-order valence-corrected chi connectivity index (χ3v) is 3.00. The maximum Gasteiger partial charge on any atom is 0.195 e. The van der Waals surface area contributed by atoms with Crippen LogP contribution in [0.3, 0.4) is 0 Å². The fourth-order valence-corrected chi connectivity index (χ4v) is 2.00. The number of carbonyl (C=O) groups excluding carboxylic acids is 1. The molecular formula is C16H24O3. The number of hydrogen-bond donors (Lipinski definition) is 0. The number of methoxy groups -OCH3 is 1. The van der Waals surface area contributed by atoms with E-state index in [9.17, 15) is 4.79 Å². The molecular weight excluding hydrogens is 240 g/mol. The predicted octanol–water partition coefficient (Wildman–Crippen LogP) is 3.53. The second kappa shape index (κ2) is 7.29. The van der Waals surface area contributed by atoms with E-state index in [1.165, 1.54) is 7.11 Å². The van der Waals surface area contributed by atoms with E-state index >= 15 is 0 Å². The van der Waals surface area contributed by atoms with Crippen LogP contribution in [0.4, 0.5) is 0 Å². The first-order chi connectivity index (χ1) is 8.97. The summed E-state index contributed by atoms with van der Waals surface area (Å²) in [6.07, 6.45) is 0. The zero-order valence-electron chi connectivity index (χ0n) is 12.5. The van der Waals surface area contributed by atoms with Crippen LogP contribution in [0, 0.1) is 0 Å². The zero-order chi connectivity index (χ0) is 14.4. The van der Waals surface area contributed by atoms with Gasteiger partial charge in [-0.05, 0) is 23.0 Å². The highest BCUT2D eigenvalue weighted by Crippen LogP contribution is 2.34. The van der Waals surface area contributed by atoms with Crippen LogP contribution in [0.25, 0.3) is 0 Å². The van der Waals surface area contributed by atoms with Gasteiger partial charge in [-0.2, -0.15) is 0 Å². The van der Waals surface area contributed by atoms with Gasteiger partial charge in [0.1, 0.15) is 19.0 Å². The van der Waals surface area contributed by atoms with Gasteiger partial charge in [-0.15, -0.1) is 0 Å². The van der Waals surface area contributed by atoms with Gasteiger partial charge in [0.15, 0.2) is 5.78 Å². The Balaban J connectivity index is 2.98. The van der Waals surface area contributed by atoms with Gasteiger partial charge < -0.3 is 9.47 Å². The summed E-state index contributed by atoms with van der Waals surface area (Å²) in [4.78, 5) is 11.5. The van der Waals surface area contributed by atoms with Crippen LogP contribution in [0.2, 0.25) is 0 Å². The SMILES string of the molecule is COCC(=O)COc1c(C(C)C)cccc1C(C)C. The predicted molar refractivity (Wildman–Crippen MR) is 77.0 cm³/mol. The van der Waals surface area contributed by atoms with Crippen molar-refractivity contribution in [3.63, 3.8) is 0 Å². The van der Waals surface area contributed by atoms with Gasteiger partial charge in [0.2, 0.25) is 0 Å². The fourth-order valence-electron chi connectivity index (χ4n) is 2.00. The molecule has 3 nitrogen and oxygen atoms in total. The molecule has 0 saturated carbocycles. The van der Waals surface area contributed by atoms with Crippen LogP contribution in [0.1, 0.15) is 50.7 Å². The maximum atomic E-state index is 11.5. The molecule has 0 heterocycles. The van der Waals surface area contributed by atoms with Crippen LogP contribution in [-0.2, 0) is 9.53 Å². The van der Waals surface area contributed by atoms with E-state index in [2.05, 4.69) is 45.9 Å². The largest absolute Gasteiger partial charge is 0.485 e. The quantitative estimate of drug-likeness (QED) is 0.755. The number of Topliss-reactive ketones (excluding diaryl/α,β-unsaturated/α-hetero) is 1. The number of para-hydroxylation sites is 1. The first-order valence-electron chi connectivity index (χ1n) is 6.73. The van der Waals surface area contributed by atoms with Gasteiger partial charge in [0, 0.05) is 7.11 Å². The standard InChI is InChI=1S/C16H24O3/c1-11(2)14-7-6-8-15(12(3)4)16(14)19-10-13(17)9-18-5/h6-8,11-12H,9-10H2,1-5H3. The molecule has 19 heavy (non-hydrogen) atoms. The van der Waals surface area contributed by atoms with Gasteiger partial charge in [-0.3, -0.25) is 4.79 Å². The van der Waals surface area contributed by atoms with Crippen molar-refractivity contribution >= 4 is 5.78 Å². The lowest BCUT2D eigenvalue weighted by atomic mass is 9.94. The molecule has 0 N–H and O–H groups in total. The second-order valence-electron chi connectivity index (χ2n) is 5.34. The minimum absolute atomic E-state index is 0.0456. The topological polar surface area (TPSA) is 35.5 Å². The zero-order valence-corrected chi connectivity index (χ0v) is 12.5. The molecule has 0 amide bonds. The summed E-state index contributed by atoms with van der Waals surface area (Å²) >= 11 is 0. The first-order valence-corrected chi connectivity index (χ1v) is 6.73. The van der Waals surface area contributed by atoms with Crippen LogP contribution in [-0.4, -0.2) is 26.1 Å². The Morgan fingerprint density at radius 1 is 1.05 bits per heavy atom.